The highest BCUT2D eigenvalue weighted by Gasteiger charge is 2.31. The van der Waals surface area contributed by atoms with E-state index >= 15 is 0 Å². The summed E-state index contributed by atoms with van der Waals surface area (Å²) in [4.78, 5) is 16.3. The van der Waals surface area contributed by atoms with Gasteiger partial charge < -0.3 is 9.47 Å². The number of rotatable bonds is 5. The van der Waals surface area contributed by atoms with E-state index in [0.717, 1.165) is 48.9 Å². The summed E-state index contributed by atoms with van der Waals surface area (Å²) in [6.45, 7) is 4.00. The Morgan fingerprint density at radius 1 is 1.23 bits per heavy atom. The van der Waals surface area contributed by atoms with Crippen LogP contribution in [0.1, 0.15) is 51.1 Å². The fraction of sp³-hybridized carbons (Fsp3) is 0.462. The molecule has 1 saturated heterocycles. The van der Waals surface area contributed by atoms with E-state index in [2.05, 4.69) is 27.3 Å². The molecule has 0 spiro atoms. The molecule has 0 radical (unpaired) electrons. The number of fused-ring (bicyclic) bond motifs is 1. The summed E-state index contributed by atoms with van der Waals surface area (Å²) < 4.78 is 2.27. The summed E-state index contributed by atoms with van der Waals surface area (Å²) in [5.41, 5.74) is 5.13. The van der Waals surface area contributed by atoms with Crippen LogP contribution in [0.2, 0.25) is 5.02 Å². The summed E-state index contributed by atoms with van der Waals surface area (Å²) in [5, 5.41) is 18.0. The van der Waals surface area contributed by atoms with Crippen LogP contribution >= 0.6 is 11.6 Å². The number of imidazole rings is 1. The normalized spacial score (nSPS) is 22.3. The lowest BCUT2D eigenvalue weighted by Crippen LogP contribution is -2.31. The van der Waals surface area contributed by atoms with E-state index in [4.69, 9.17) is 33.4 Å². The SMILES string of the molecule is C#CC1CCCN1c1nc2cc(C(=N)NO)nc(-c3cncc(Cl)c3)c2n1C[C@H]1CC[C@H](C)CC1. The number of amidine groups is 1. The van der Waals surface area contributed by atoms with E-state index in [9.17, 15) is 5.21 Å². The topological polar surface area (TPSA) is 103 Å². The van der Waals surface area contributed by atoms with Crippen molar-refractivity contribution in [2.24, 2.45) is 11.8 Å². The fourth-order valence-electron chi connectivity index (χ4n) is 5.41. The van der Waals surface area contributed by atoms with Gasteiger partial charge in [0, 0.05) is 31.0 Å². The number of anilines is 1. The zero-order valence-electron chi connectivity index (χ0n) is 19.8. The van der Waals surface area contributed by atoms with Crippen LogP contribution in [0, 0.1) is 29.6 Å². The highest BCUT2D eigenvalue weighted by atomic mass is 35.5. The molecule has 0 amide bonds. The Hall–Kier alpha value is -3.15. The van der Waals surface area contributed by atoms with E-state index in [1.54, 1.807) is 18.5 Å². The van der Waals surface area contributed by atoms with Crippen LogP contribution in [-0.4, -0.2) is 43.1 Å². The molecular formula is C26H30ClN7O. The number of terminal acetylenes is 1. The van der Waals surface area contributed by atoms with Crippen molar-refractivity contribution >= 4 is 34.4 Å². The van der Waals surface area contributed by atoms with Crippen LogP contribution in [0.15, 0.2) is 24.5 Å². The van der Waals surface area contributed by atoms with Gasteiger partial charge in [0.05, 0.1) is 27.8 Å². The molecule has 2 fully saturated rings. The van der Waals surface area contributed by atoms with Gasteiger partial charge in [-0.05, 0) is 49.7 Å². The summed E-state index contributed by atoms with van der Waals surface area (Å²) in [5.74, 6) is 4.88. The van der Waals surface area contributed by atoms with Crippen LogP contribution in [-0.2, 0) is 6.54 Å². The van der Waals surface area contributed by atoms with Gasteiger partial charge in [-0.25, -0.2) is 9.97 Å². The van der Waals surface area contributed by atoms with E-state index in [-0.39, 0.29) is 17.6 Å². The van der Waals surface area contributed by atoms with Crippen LogP contribution in [0.3, 0.4) is 0 Å². The van der Waals surface area contributed by atoms with Crippen molar-refractivity contribution in [3.05, 3.63) is 35.2 Å². The summed E-state index contributed by atoms with van der Waals surface area (Å²) in [7, 11) is 0. The highest BCUT2D eigenvalue weighted by Crippen LogP contribution is 2.37. The number of aromatic nitrogens is 4. The van der Waals surface area contributed by atoms with Gasteiger partial charge in [0.25, 0.3) is 0 Å². The van der Waals surface area contributed by atoms with E-state index < -0.39 is 0 Å². The Morgan fingerprint density at radius 2 is 2.03 bits per heavy atom. The van der Waals surface area contributed by atoms with Gasteiger partial charge in [-0.1, -0.05) is 37.3 Å². The molecule has 182 valence electrons. The summed E-state index contributed by atoms with van der Waals surface area (Å²) in [6.07, 6.45) is 16.0. The van der Waals surface area contributed by atoms with Gasteiger partial charge in [-0.15, -0.1) is 6.42 Å². The molecule has 3 aromatic heterocycles. The third-order valence-electron chi connectivity index (χ3n) is 7.33. The Labute approximate surface area is 210 Å². The van der Waals surface area contributed by atoms with Crippen molar-refractivity contribution in [2.75, 3.05) is 11.4 Å². The maximum Gasteiger partial charge on any atom is 0.207 e. The Bertz CT molecular complexity index is 1290. The second kappa shape index (κ2) is 9.84. The minimum atomic E-state index is -0.205. The number of halogens is 1. The monoisotopic (exact) mass is 491 g/mol. The van der Waals surface area contributed by atoms with Crippen molar-refractivity contribution < 1.29 is 5.21 Å². The first kappa shape index (κ1) is 23.6. The molecule has 3 aromatic rings. The second-order valence-corrected chi connectivity index (χ2v) is 10.2. The molecule has 2 aliphatic rings. The Kier molecular flexibility index (Phi) is 6.63. The predicted octanol–water partition coefficient (Wildman–Crippen LogP) is 4.88. The second-order valence-electron chi connectivity index (χ2n) is 9.77. The van der Waals surface area contributed by atoms with Crippen molar-refractivity contribution in [1.29, 1.82) is 5.41 Å². The first-order chi connectivity index (χ1) is 17.0. The summed E-state index contributed by atoms with van der Waals surface area (Å²) >= 11 is 6.29. The largest absolute Gasteiger partial charge is 0.328 e. The van der Waals surface area contributed by atoms with Gasteiger partial charge in [0.15, 0.2) is 5.84 Å². The molecule has 1 aliphatic carbocycles. The average molecular weight is 492 g/mol. The number of hydroxylamine groups is 1. The zero-order valence-corrected chi connectivity index (χ0v) is 20.6. The minimum Gasteiger partial charge on any atom is -0.328 e. The number of hydrogen-bond donors (Lipinski definition) is 3. The van der Waals surface area contributed by atoms with Crippen molar-refractivity contribution in [3.63, 3.8) is 0 Å². The van der Waals surface area contributed by atoms with Crippen LogP contribution in [0.4, 0.5) is 5.95 Å². The lowest BCUT2D eigenvalue weighted by Gasteiger charge is -2.29. The Morgan fingerprint density at radius 3 is 2.74 bits per heavy atom. The van der Waals surface area contributed by atoms with Gasteiger partial charge >= 0.3 is 0 Å². The van der Waals surface area contributed by atoms with Gasteiger partial charge in [-0.2, -0.15) is 0 Å². The van der Waals surface area contributed by atoms with E-state index in [0.29, 0.717) is 22.2 Å². The molecule has 0 aromatic carbocycles. The molecule has 1 saturated carbocycles. The molecule has 5 rings (SSSR count). The molecule has 8 nitrogen and oxygen atoms in total. The van der Waals surface area contributed by atoms with E-state index in [1.807, 2.05) is 11.5 Å². The molecule has 35 heavy (non-hydrogen) atoms. The lowest BCUT2D eigenvalue weighted by atomic mass is 9.83. The predicted molar refractivity (Wildman–Crippen MR) is 138 cm³/mol. The molecule has 1 aliphatic heterocycles. The smallest absolute Gasteiger partial charge is 0.207 e. The van der Waals surface area contributed by atoms with Crippen LogP contribution in [0.5, 0.6) is 0 Å². The van der Waals surface area contributed by atoms with Crippen LogP contribution in [0.25, 0.3) is 22.3 Å². The zero-order chi connectivity index (χ0) is 24.5. The van der Waals surface area contributed by atoms with Gasteiger partial charge in [0.1, 0.15) is 5.69 Å². The average Bonchev–Trinajstić information content (AvgIpc) is 3.48. The third-order valence-corrected chi connectivity index (χ3v) is 7.54. The molecule has 1 unspecified atom stereocenters. The van der Waals surface area contributed by atoms with Crippen molar-refractivity contribution in [3.8, 4) is 23.6 Å². The molecule has 9 heteroatoms. The quantitative estimate of drug-likeness (QED) is 0.203. The van der Waals surface area contributed by atoms with Gasteiger partial charge in [0.2, 0.25) is 5.95 Å². The Balaban J connectivity index is 1.73. The standard InChI is InChI=1S/C26H30ClN7O/c1-3-20-5-4-10-33(20)26-31-21-12-22(25(28)32-35)30-23(18-11-19(27)14-29-13-18)24(21)34(26)15-17-8-6-16(2)7-9-17/h1,11-14,16-17,20,35H,4-10,15H2,2H3,(H2,28,32)/t16-,17-,20?. The highest BCUT2D eigenvalue weighted by molar-refractivity contribution is 6.30. The number of pyridine rings is 2. The maximum absolute atomic E-state index is 9.40. The molecule has 3 N–H and O–H groups in total. The number of nitrogens with one attached hydrogen (secondary N) is 2. The third kappa shape index (κ3) is 4.58. The minimum absolute atomic E-state index is 0.00179. The first-order valence-corrected chi connectivity index (χ1v) is 12.6. The fourth-order valence-corrected chi connectivity index (χ4v) is 5.59. The van der Waals surface area contributed by atoms with Crippen molar-refractivity contribution in [2.45, 2.75) is 58.0 Å². The molecule has 4 heterocycles. The van der Waals surface area contributed by atoms with Crippen molar-refractivity contribution in [1.82, 2.24) is 25.0 Å². The molecule has 1 atom stereocenters. The molecule has 0 bridgehead atoms. The summed E-state index contributed by atoms with van der Waals surface area (Å²) in [6, 6.07) is 3.56. The first-order valence-electron chi connectivity index (χ1n) is 12.2. The molecular weight excluding hydrogens is 462 g/mol. The van der Waals surface area contributed by atoms with Gasteiger partial charge in [-0.3, -0.25) is 21.1 Å². The number of nitrogens with zero attached hydrogens (tertiary/aromatic N) is 5. The van der Waals surface area contributed by atoms with E-state index in [1.165, 1.54) is 25.7 Å². The maximum atomic E-state index is 9.40. The number of hydrogen-bond acceptors (Lipinski definition) is 6. The van der Waals surface area contributed by atoms with Crippen LogP contribution < -0.4 is 10.4 Å². The lowest BCUT2D eigenvalue weighted by molar-refractivity contribution is 0.234.